The Morgan fingerprint density at radius 2 is 2.04 bits per heavy atom. The van der Waals surface area contributed by atoms with Crippen LogP contribution in [-0.4, -0.2) is 16.8 Å². The molecule has 2 heterocycles. The lowest BCUT2D eigenvalue weighted by atomic mass is 9.93. The maximum atomic E-state index is 13.7. The first-order valence-electron chi connectivity index (χ1n) is 8.19. The molecule has 0 saturated heterocycles. The number of halogens is 1. The average Bonchev–Trinajstić information content (AvgIpc) is 2.78. The summed E-state index contributed by atoms with van der Waals surface area (Å²) in [5.74, 6) is -0.599. The van der Waals surface area contributed by atoms with E-state index in [1.165, 1.54) is 18.2 Å². The molecule has 1 aromatic carbocycles. The quantitative estimate of drug-likeness (QED) is 0.929. The van der Waals surface area contributed by atoms with E-state index < -0.39 is 5.54 Å². The summed E-state index contributed by atoms with van der Waals surface area (Å²) < 4.78 is 13.7. The number of nitrogens with one attached hydrogen (secondary N) is 1. The van der Waals surface area contributed by atoms with Crippen LogP contribution in [0.1, 0.15) is 48.7 Å². The van der Waals surface area contributed by atoms with Crippen molar-refractivity contribution >= 4 is 17.5 Å². The summed E-state index contributed by atoms with van der Waals surface area (Å²) in [5.41, 5.74) is 1.87. The molecule has 1 aliphatic rings. The Balaban J connectivity index is 1.94. The molecule has 0 unspecified atom stereocenters. The normalized spacial score (nSPS) is 15.2. The van der Waals surface area contributed by atoms with Gasteiger partial charge in [0, 0.05) is 24.7 Å². The Morgan fingerprint density at radius 1 is 1.28 bits per heavy atom. The maximum absolute atomic E-state index is 13.7. The summed E-state index contributed by atoms with van der Waals surface area (Å²) in [7, 11) is 0. The third-order valence-corrected chi connectivity index (χ3v) is 4.48. The second-order valence-corrected chi connectivity index (χ2v) is 6.57. The van der Waals surface area contributed by atoms with Gasteiger partial charge in [0.25, 0.3) is 5.91 Å². The lowest BCUT2D eigenvalue weighted by molar-refractivity contribution is -0.120. The maximum Gasteiger partial charge on any atom is 0.259 e. The molecule has 1 aliphatic heterocycles. The fourth-order valence-electron chi connectivity index (χ4n) is 3.16. The van der Waals surface area contributed by atoms with Crippen molar-refractivity contribution in [3.63, 3.8) is 0 Å². The lowest BCUT2D eigenvalue weighted by Crippen LogP contribution is -2.39. The predicted octanol–water partition coefficient (Wildman–Crippen LogP) is 3.14. The molecule has 2 amide bonds. The Bertz CT molecular complexity index is 848. The highest BCUT2D eigenvalue weighted by molar-refractivity contribution is 6.11. The number of fused-ring (bicyclic) bond motifs is 1. The first kappa shape index (κ1) is 17.1. The molecule has 0 bridgehead atoms. The molecule has 1 aromatic heterocycles. The van der Waals surface area contributed by atoms with E-state index in [2.05, 4.69) is 10.3 Å². The van der Waals surface area contributed by atoms with Gasteiger partial charge in [0.2, 0.25) is 5.91 Å². The number of hydrogen-bond donors (Lipinski definition) is 1. The number of benzene rings is 1. The number of amides is 2. The van der Waals surface area contributed by atoms with Gasteiger partial charge in [-0.2, -0.15) is 0 Å². The van der Waals surface area contributed by atoms with E-state index in [4.69, 9.17) is 0 Å². The van der Waals surface area contributed by atoms with Crippen LogP contribution in [0.2, 0.25) is 0 Å². The van der Waals surface area contributed by atoms with E-state index in [1.807, 2.05) is 19.9 Å². The summed E-state index contributed by atoms with van der Waals surface area (Å²) >= 11 is 0. The number of carbonyl (C=O) groups is 2. The van der Waals surface area contributed by atoms with Crippen LogP contribution in [0.5, 0.6) is 0 Å². The van der Waals surface area contributed by atoms with Crippen LogP contribution < -0.4 is 10.2 Å². The van der Waals surface area contributed by atoms with E-state index >= 15 is 0 Å². The summed E-state index contributed by atoms with van der Waals surface area (Å²) in [4.78, 5) is 30.1. The van der Waals surface area contributed by atoms with E-state index in [0.29, 0.717) is 29.8 Å². The lowest BCUT2D eigenvalue weighted by Gasteiger charge is -2.32. The monoisotopic (exact) mass is 341 g/mol. The van der Waals surface area contributed by atoms with Gasteiger partial charge < -0.3 is 5.32 Å². The summed E-state index contributed by atoms with van der Waals surface area (Å²) in [5, 5.41) is 2.79. The number of aromatic nitrogens is 1. The van der Waals surface area contributed by atoms with E-state index in [0.717, 1.165) is 5.56 Å². The fraction of sp³-hybridized carbons (Fsp3) is 0.316. The molecule has 0 atom stereocenters. The van der Waals surface area contributed by atoms with Gasteiger partial charge in [-0.1, -0.05) is 6.92 Å². The number of rotatable bonds is 4. The van der Waals surface area contributed by atoms with Crippen molar-refractivity contribution in [1.29, 1.82) is 0 Å². The van der Waals surface area contributed by atoms with Crippen molar-refractivity contribution in [2.45, 2.75) is 39.3 Å². The molecular weight excluding hydrogens is 321 g/mol. The first-order chi connectivity index (χ1) is 11.8. The van der Waals surface area contributed by atoms with Crippen molar-refractivity contribution in [2.75, 3.05) is 4.90 Å². The molecule has 0 fully saturated rings. The summed E-state index contributed by atoms with van der Waals surface area (Å²) in [6, 6.07) is 6.05. The Kier molecular flexibility index (Phi) is 4.29. The van der Waals surface area contributed by atoms with Crippen molar-refractivity contribution in [1.82, 2.24) is 10.3 Å². The minimum Gasteiger partial charge on any atom is -0.352 e. The molecule has 25 heavy (non-hydrogen) atoms. The Morgan fingerprint density at radius 3 is 2.76 bits per heavy atom. The van der Waals surface area contributed by atoms with E-state index in [9.17, 15) is 14.0 Å². The van der Waals surface area contributed by atoms with Crippen LogP contribution in [0.4, 0.5) is 10.1 Å². The summed E-state index contributed by atoms with van der Waals surface area (Å²) in [6.45, 7) is 5.88. The van der Waals surface area contributed by atoms with Gasteiger partial charge in [0.1, 0.15) is 5.82 Å². The van der Waals surface area contributed by atoms with E-state index in [1.54, 1.807) is 24.2 Å². The average molecular weight is 341 g/mol. The highest BCUT2D eigenvalue weighted by atomic mass is 19.1. The van der Waals surface area contributed by atoms with Crippen molar-refractivity contribution in [3.05, 3.63) is 59.2 Å². The van der Waals surface area contributed by atoms with Gasteiger partial charge >= 0.3 is 0 Å². The molecule has 1 N–H and O–H groups in total. The van der Waals surface area contributed by atoms with Gasteiger partial charge in [-0.25, -0.2) is 4.39 Å². The molecule has 0 aliphatic carbocycles. The number of anilines is 1. The van der Waals surface area contributed by atoms with Gasteiger partial charge in [-0.05, 0) is 49.2 Å². The minimum atomic E-state index is -0.693. The van der Waals surface area contributed by atoms with Gasteiger partial charge in [0.15, 0.2) is 0 Å². The molecule has 0 saturated carbocycles. The van der Waals surface area contributed by atoms with E-state index in [-0.39, 0.29) is 17.6 Å². The summed E-state index contributed by atoms with van der Waals surface area (Å²) in [6.07, 6.45) is 3.67. The second kappa shape index (κ2) is 6.27. The third-order valence-electron chi connectivity index (χ3n) is 4.48. The van der Waals surface area contributed by atoms with Crippen LogP contribution >= 0.6 is 0 Å². The van der Waals surface area contributed by atoms with Gasteiger partial charge in [-0.3, -0.25) is 19.5 Å². The topological polar surface area (TPSA) is 62.3 Å². The zero-order valence-electron chi connectivity index (χ0n) is 14.5. The second-order valence-electron chi connectivity index (χ2n) is 6.57. The fourth-order valence-corrected chi connectivity index (χ4v) is 3.16. The van der Waals surface area contributed by atoms with Crippen LogP contribution in [0.15, 0.2) is 36.7 Å². The minimum absolute atomic E-state index is 0.0501. The number of carbonyl (C=O) groups excluding carboxylic acids is 2. The predicted molar refractivity (Wildman–Crippen MR) is 92.6 cm³/mol. The number of pyridine rings is 1. The molecular formula is C19H20FN3O2. The third kappa shape index (κ3) is 2.99. The number of nitrogens with zero attached hydrogens (tertiary/aromatic N) is 2. The standard InChI is InChI=1S/C19H20FN3O2/c1-4-17(24)22-10-12-7-14(11-21-9-12)23-18(25)15-6-5-13(20)8-16(15)19(23,2)3/h5-9,11H,4,10H2,1-3H3,(H,22,24). The largest absolute Gasteiger partial charge is 0.352 e. The van der Waals surface area contributed by atoms with Gasteiger partial charge in [0.05, 0.1) is 17.4 Å². The molecule has 0 radical (unpaired) electrons. The van der Waals surface area contributed by atoms with Crippen LogP contribution in [-0.2, 0) is 16.9 Å². The van der Waals surface area contributed by atoms with Crippen LogP contribution in [0.3, 0.4) is 0 Å². The molecule has 6 heteroatoms. The highest BCUT2D eigenvalue weighted by Gasteiger charge is 2.44. The van der Waals surface area contributed by atoms with Crippen LogP contribution in [0.25, 0.3) is 0 Å². The van der Waals surface area contributed by atoms with Crippen molar-refractivity contribution in [3.8, 4) is 0 Å². The SMILES string of the molecule is CCC(=O)NCc1cncc(N2C(=O)c3ccc(F)cc3C2(C)C)c1. The Hall–Kier alpha value is -2.76. The molecule has 130 valence electrons. The molecule has 0 spiro atoms. The Labute approximate surface area is 145 Å². The molecule has 5 nitrogen and oxygen atoms in total. The zero-order chi connectivity index (χ0) is 18.2. The van der Waals surface area contributed by atoms with Crippen LogP contribution in [0, 0.1) is 5.82 Å². The van der Waals surface area contributed by atoms with Crippen molar-refractivity contribution in [2.24, 2.45) is 0 Å². The zero-order valence-corrected chi connectivity index (χ0v) is 14.5. The van der Waals surface area contributed by atoms with Crippen molar-refractivity contribution < 1.29 is 14.0 Å². The first-order valence-corrected chi connectivity index (χ1v) is 8.19. The number of hydrogen-bond acceptors (Lipinski definition) is 3. The van der Waals surface area contributed by atoms with Gasteiger partial charge in [-0.15, -0.1) is 0 Å². The smallest absolute Gasteiger partial charge is 0.259 e. The molecule has 2 aromatic rings. The highest BCUT2D eigenvalue weighted by Crippen LogP contribution is 2.41. The molecule has 3 rings (SSSR count).